The second-order valence-corrected chi connectivity index (χ2v) is 4.55. The van der Waals surface area contributed by atoms with Crippen LogP contribution in [0.4, 0.5) is 5.95 Å². The lowest BCUT2D eigenvalue weighted by molar-refractivity contribution is 0.282. The van der Waals surface area contributed by atoms with Crippen LogP contribution in [0, 0.1) is 0 Å². The van der Waals surface area contributed by atoms with Crippen LogP contribution < -0.4 is 10.6 Å². The van der Waals surface area contributed by atoms with Crippen molar-refractivity contribution in [2.75, 3.05) is 18.1 Å². The molecule has 6 heteroatoms. The van der Waals surface area contributed by atoms with Gasteiger partial charge in [-0.05, 0) is 25.3 Å². The molecule has 3 N–H and O–H groups in total. The number of rotatable bonds is 5. The number of thiocarbonyl (C=S) groups is 1. The highest BCUT2D eigenvalue weighted by atomic mass is 32.1. The third-order valence-corrected chi connectivity index (χ3v) is 3.22. The Bertz CT molecular complexity index is 408. The first-order chi connectivity index (χ1) is 8.22. The third-order valence-electron chi connectivity index (χ3n) is 3.01. The van der Waals surface area contributed by atoms with Crippen LogP contribution in [0.3, 0.4) is 0 Å². The Morgan fingerprint density at radius 3 is 2.88 bits per heavy atom. The molecule has 1 aromatic rings. The molecule has 0 unspecified atom stereocenters. The van der Waals surface area contributed by atoms with Gasteiger partial charge in [0.25, 0.3) is 0 Å². The Hall–Kier alpha value is -1.27. The molecule has 0 spiro atoms. The van der Waals surface area contributed by atoms with E-state index >= 15 is 0 Å². The monoisotopic (exact) mass is 252 g/mol. The molecule has 2 rings (SSSR count). The van der Waals surface area contributed by atoms with Crippen molar-refractivity contribution in [3.05, 3.63) is 18.0 Å². The summed E-state index contributed by atoms with van der Waals surface area (Å²) in [6.45, 7) is 0.641. The zero-order valence-corrected chi connectivity index (χ0v) is 10.4. The lowest BCUT2D eigenvalue weighted by Crippen LogP contribution is -2.43. The third kappa shape index (κ3) is 2.70. The van der Waals surface area contributed by atoms with Gasteiger partial charge in [0.1, 0.15) is 10.7 Å². The normalized spacial score (nSPS) is 15.4. The standard InChI is InChI=1S/C11H16N4OS/c12-10(17)9-4-5-13-11(14-9)15(6-7-16)8-2-1-3-8/h4-5,8,16H,1-3,6-7H2,(H2,12,17). The summed E-state index contributed by atoms with van der Waals surface area (Å²) in [6, 6.07) is 2.13. The van der Waals surface area contributed by atoms with E-state index in [1.807, 2.05) is 4.90 Å². The zero-order chi connectivity index (χ0) is 12.3. The first-order valence-corrected chi connectivity index (χ1v) is 6.13. The van der Waals surface area contributed by atoms with Gasteiger partial charge in [-0.25, -0.2) is 9.97 Å². The lowest BCUT2D eigenvalue weighted by atomic mass is 9.92. The van der Waals surface area contributed by atoms with Crippen LogP contribution >= 0.6 is 12.2 Å². The molecule has 0 amide bonds. The topological polar surface area (TPSA) is 75.3 Å². The molecule has 1 fully saturated rings. The number of hydrogen-bond acceptors (Lipinski definition) is 5. The fraction of sp³-hybridized carbons (Fsp3) is 0.545. The molecular weight excluding hydrogens is 236 g/mol. The van der Waals surface area contributed by atoms with E-state index in [0.29, 0.717) is 24.2 Å². The van der Waals surface area contributed by atoms with E-state index in [4.69, 9.17) is 23.1 Å². The summed E-state index contributed by atoms with van der Waals surface area (Å²) in [7, 11) is 0. The fourth-order valence-corrected chi connectivity index (χ4v) is 1.99. The molecule has 1 heterocycles. The molecular formula is C11H16N4OS. The minimum atomic E-state index is 0.0944. The second-order valence-electron chi connectivity index (χ2n) is 4.11. The van der Waals surface area contributed by atoms with E-state index in [-0.39, 0.29) is 11.6 Å². The molecule has 0 aromatic carbocycles. The van der Waals surface area contributed by atoms with Crippen molar-refractivity contribution in [3.8, 4) is 0 Å². The van der Waals surface area contributed by atoms with Gasteiger partial charge in [0, 0.05) is 18.8 Å². The highest BCUT2D eigenvalue weighted by Crippen LogP contribution is 2.27. The van der Waals surface area contributed by atoms with Crippen molar-refractivity contribution in [3.63, 3.8) is 0 Å². The Labute approximate surface area is 106 Å². The van der Waals surface area contributed by atoms with E-state index in [2.05, 4.69) is 9.97 Å². The number of hydrogen-bond donors (Lipinski definition) is 2. The average Bonchev–Trinajstić information content (AvgIpc) is 2.26. The minimum Gasteiger partial charge on any atom is -0.395 e. The van der Waals surface area contributed by atoms with Gasteiger partial charge in [0.2, 0.25) is 5.95 Å². The Morgan fingerprint density at radius 2 is 2.35 bits per heavy atom. The number of aromatic nitrogens is 2. The van der Waals surface area contributed by atoms with E-state index in [9.17, 15) is 0 Å². The first-order valence-electron chi connectivity index (χ1n) is 5.72. The molecule has 0 saturated heterocycles. The van der Waals surface area contributed by atoms with Crippen molar-refractivity contribution < 1.29 is 5.11 Å². The van der Waals surface area contributed by atoms with Crippen LogP contribution in [0.2, 0.25) is 0 Å². The van der Waals surface area contributed by atoms with Gasteiger partial charge < -0.3 is 15.7 Å². The summed E-state index contributed by atoms with van der Waals surface area (Å²) in [5.41, 5.74) is 6.13. The number of aliphatic hydroxyl groups is 1. The summed E-state index contributed by atoms with van der Waals surface area (Å²) in [6.07, 6.45) is 5.13. The van der Waals surface area contributed by atoms with Crippen LogP contribution in [0.5, 0.6) is 0 Å². The fourth-order valence-electron chi connectivity index (χ4n) is 1.88. The average molecular weight is 252 g/mol. The van der Waals surface area contributed by atoms with Crippen LogP contribution in [0.1, 0.15) is 25.0 Å². The zero-order valence-electron chi connectivity index (χ0n) is 9.54. The number of nitrogens with zero attached hydrogens (tertiary/aromatic N) is 3. The number of nitrogens with two attached hydrogens (primary N) is 1. The van der Waals surface area contributed by atoms with Crippen molar-refractivity contribution in [2.45, 2.75) is 25.3 Å². The molecule has 92 valence electrons. The highest BCUT2D eigenvalue weighted by Gasteiger charge is 2.26. The van der Waals surface area contributed by atoms with Crippen LogP contribution in [-0.2, 0) is 0 Å². The molecule has 5 nitrogen and oxygen atoms in total. The molecule has 0 atom stereocenters. The SMILES string of the molecule is NC(=S)c1ccnc(N(CCO)C2CCC2)n1. The molecule has 17 heavy (non-hydrogen) atoms. The summed E-state index contributed by atoms with van der Waals surface area (Å²) >= 11 is 4.90. The summed E-state index contributed by atoms with van der Waals surface area (Å²) < 4.78 is 0. The molecule has 1 aromatic heterocycles. The van der Waals surface area contributed by atoms with Crippen LogP contribution in [-0.4, -0.2) is 39.3 Å². The molecule has 1 aliphatic rings. The van der Waals surface area contributed by atoms with E-state index < -0.39 is 0 Å². The largest absolute Gasteiger partial charge is 0.395 e. The van der Waals surface area contributed by atoms with Crippen molar-refractivity contribution >= 4 is 23.2 Å². The molecule has 0 aliphatic heterocycles. The van der Waals surface area contributed by atoms with Crippen LogP contribution in [0.25, 0.3) is 0 Å². The predicted molar refractivity (Wildman–Crippen MR) is 70.0 cm³/mol. The van der Waals surface area contributed by atoms with Crippen LogP contribution in [0.15, 0.2) is 12.3 Å². The Kier molecular flexibility index (Phi) is 3.86. The maximum Gasteiger partial charge on any atom is 0.226 e. The number of anilines is 1. The molecule has 0 radical (unpaired) electrons. The number of aliphatic hydroxyl groups excluding tert-OH is 1. The van der Waals surface area contributed by atoms with Gasteiger partial charge in [-0.2, -0.15) is 0 Å². The van der Waals surface area contributed by atoms with Gasteiger partial charge in [-0.15, -0.1) is 0 Å². The first kappa shape index (κ1) is 12.2. The van der Waals surface area contributed by atoms with Gasteiger partial charge in [-0.1, -0.05) is 12.2 Å². The van der Waals surface area contributed by atoms with Gasteiger partial charge in [-0.3, -0.25) is 0 Å². The lowest BCUT2D eigenvalue weighted by Gasteiger charge is -2.37. The molecule has 0 bridgehead atoms. The van der Waals surface area contributed by atoms with Crippen molar-refractivity contribution in [1.82, 2.24) is 9.97 Å². The van der Waals surface area contributed by atoms with Gasteiger partial charge in [0.15, 0.2) is 0 Å². The summed E-state index contributed by atoms with van der Waals surface area (Å²) in [4.78, 5) is 10.9. The van der Waals surface area contributed by atoms with E-state index in [0.717, 1.165) is 12.8 Å². The highest BCUT2D eigenvalue weighted by molar-refractivity contribution is 7.80. The maximum atomic E-state index is 9.10. The minimum absolute atomic E-state index is 0.0944. The smallest absolute Gasteiger partial charge is 0.226 e. The Balaban J connectivity index is 2.22. The second kappa shape index (κ2) is 5.37. The summed E-state index contributed by atoms with van der Waals surface area (Å²) in [5, 5.41) is 9.10. The van der Waals surface area contributed by atoms with Crippen molar-refractivity contribution in [2.24, 2.45) is 5.73 Å². The van der Waals surface area contributed by atoms with Gasteiger partial charge >= 0.3 is 0 Å². The van der Waals surface area contributed by atoms with E-state index in [1.165, 1.54) is 6.42 Å². The molecule has 1 aliphatic carbocycles. The quantitative estimate of drug-likeness (QED) is 0.742. The van der Waals surface area contributed by atoms with E-state index in [1.54, 1.807) is 12.3 Å². The summed E-state index contributed by atoms with van der Waals surface area (Å²) in [5.74, 6) is 0.606. The molecule has 1 saturated carbocycles. The Morgan fingerprint density at radius 1 is 1.59 bits per heavy atom. The maximum absolute atomic E-state index is 9.10. The van der Waals surface area contributed by atoms with Crippen molar-refractivity contribution in [1.29, 1.82) is 0 Å². The predicted octanol–water partition coefficient (Wildman–Crippen LogP) is 0.462. The van der Waals surface area contributed by atoms with Gasteiger partial charge in [0.05, 0.1) is 6.61 Å².